The van der Waals surface area contributed by atoms with Crippen LogP contribution in [0.3, 0.4) is 0 Å². The van der Waals surface area contributed by atoms with Crippen LogP contribution in [0, 0.1) is 5.92 Å². The lowest BCUT2D eigenvalue weighted by Crippen LogP contribution is -2.39. The number of carbonyl (C=O) groups is 2. The van der Waals surface area contributed by atoms with E-state index in [0.29, 0.717) is 23.1 Å². The van der Waals surface area contributed by atoms with Gasteiger partial charge in [0.1, 0.15) is 23.5 Å². The molecule has 1 aliphatic carbocycles. The van der Waals surface area contributed by atoms with Gasteiger partial charge in [-0.2, -0.15) is 0 Å². The molecule has 5 rings (SSSR count). The fraction of sp³-hybridized carbons (Fsp3) is 0.440. The molecule has 2 aromatic rings. The zero-order valence-electron chi connectivity index (χ0n) is 18.8. The lowest BCUT2D eigenvalue weighted by Gasteiger charge is -2.35. The number of Topliss-reactive ketones (excluding diaryl/α,β-unsaturated/α-hetero) is 1. The summed E-state index contributed by atoms with van der Waals surface area (Å²) in [5.74, 6) is 0.593. The van der Waals surface area contributed by atoms with Crippen LogP contribution >= 0.6 is 11.3 Å². The molecule has 3 heterocycles. The molecule has 0 bridgehead atoms. The molecule has 2 aliphatic heterocycles. The van der Waals surface area contributed by atoms with Crippen molar-refractivity contribution in [3.8, 4) is 5.75 Å². The fourth-order valence-electron chi connectivity index (χ4n) is 4.82. The monoisotopic (exact) mass is 465 g/mol. The summed E-state index contributed by atoms with van der Waals surface area (Å²) in [4.78, 5) is 28.9. The minimum atomic E-state index is -0.593. The first-order valence-corrected chi connectivity index (χ1v) is 12.3. The van der Waals surface area contributed by atoms with E-state index in [1.807, 2.05) is 38.1 Å². The second-order valence-corrected chi connectivity index (χ2v) is 9.97. The number of benzene rings is 1. The third-order valence-corrected chi connectivity index (χ3v) is 7.68. The smallest absolute Gasteiger partial charge is 0.296 e. The van der Waals surface area contributed by atoms with Crippen molar-refractivity contribution in [2.24, 2.45) is 5.92 Å². The molecule has 1 amide bonds. The van der Waals surface area contributed by atoms with Gasteiger partial charge in [0.05, 0.1) is 17.5 Å². The molecule has 3 atom stereocenters. The van der Waals surface area contributed by atoms with Crippen LogP contribution in [0.1, 0.15) is 62.1 Å². The van der Waals surface area contributed by atoms with Gasteiger partial charge in [-0.3, -0.25) is 14.5 Å². The van der Waals surface area contributed by atoms with Gasteiger partial charge in [0.15, 0.2) is 11.5 Å². The average Bonchev–Trinajstić information content (AvgIpc) is 3.42. The summed E-state index contributed by atoms with van der Waals surface area (Å²) >= 11 is 1.38. The molecule has 1 saturated carbocycles. The molecule has 1 aromatic heterocycles. The minimum absolute atomic E-state index is 0.0300. The van der Waals surface area contributed by atoms with Crippen LogP contribution in [0.25, 0.3) is 0 Å². The van der Waals surface area contributed by atoms with Crippen LogP contribution in [0.2, 0.25) is 0 Å². The normalized spacial score (nSPS) is 24.6. The van der Waals surface area contributed by atoms with Crippen LogP contribution in [0.4, 0.5) is 5.13 Å². The summed E-state index contributed by atoms with van der Waals surface area (Å²) in [5.41, 5.74) is 1.26. The molecule has 1 aromatic carbocycles. The highest BCUT2D eigenvalue weighted by molar-refractivity contribution is 7.15. The summed E-state index contributed by atoms with van der Waals surface area (Å²) in [5, 5.41) is 9.93. The van der Waals surface area contributed by atoms with E-state index in [2.05, 4.69) is 16.8 Å². The zero-order chi connectivity index (χ0) is 23.1. The molecule has 1 fully saturated rings. The second-order valence-electron chi connectivity index (χ2n) is 8.98. The number of fused-ring (bicyclic) bond motifs is 1. The van der Waals surface area contributed by atoms with E-state index < -0.39 is 6.04 Å². The predicted octanol–water partition coefficient (Wildman–Crippen LogP) is 4.73. The molecular weight excluding hydrogens is 438 g/mol. The third kappa shape index (κ3) is 3.76. The van der Waals surface area contributed by atoms with Crippen molar-refractivity contribution >= 4 is 28.2 Å². The number of aromatic nitrogens is 2. The fourth-order valence-corrected chi connectivity index (χ4v) is 5.69. The molecule has 0 N–H and O–H groups in total. The molecule has 3 aliphatic rings. The molecule has 0 saturated heterocycles. The van der Waals surface area contributed by atoms with Gasteiger partial charge in [0.25, 0.3) is 5.91 Å². The van der Waals surface area contributed by atoms with Gasteiger partial charge in [-0.15, -0.1) is 10.2 Å². The maximum absolute atomic E-state index is 13.7. The van der Waals surface area contributed by atoms with Crippen molar-refractivity contribution in [2.75, 3.05) is 11.5 Å². The van der Waals surface area contributed by atoms with Gasteiger partial charge in [0.2, 0.25) is 5.13 Å². The third-order valence-electron chi connectivity index (χ3n) is 6.46. The Kier molecular flexibility index (Phi) is 5.78. The van der Waals surface area contributed by atoms with Gasteiger partial charge in [-0.1, -0.05) is 56.4 Å². The van der Waals surface area contributed by atoms with Crippen molar-refractivity contribution in [3.05, 3.63) is 58.8 Å². The van der Waals surface area contributed by atoms with Gasteiger partial charge >= 0.3 is 0 Å². The Balaban J connectivity index is 1.58. The Labute approximate surface area is 197 Å². The Hall–Kier alpha value is -3.00. The Morgan fingerprint density at radius 3 is 2.67 bits per heavy atom. The highest BCUT2D eigenvalue weighted by atomic mass is 32.1. The van der Waals surface area contributed by atoms with Gasteiger partial charge in [-0.25, -0.2) is 0 Å². The number of rotatable bonds is 6. The standard InChI is InChI=1S/C25H27N3O4S/c1-4-13-31-16-11-9-15(10-12-16)20-19-21(29)17-7-5-6-8-18(17)32-22(19)24(30)28(20)25-27-26-23(33-25)14(2)3/h4,9-12,14,17-18,20H,1,5-8,13H2,2-3H3. The van der Waals surface area contributed by atoms with Crippen molar-refractivity contribution in [2.45, 2.75) is 57.6 Å². The number of carbonyl (C=O) groups excluding carboxylic acids is 2. The second kappa shape index (κ2) is 8.74. The first-order valence-electron chi connectivity index (χ1n) is 11.4. The van der Waals surface area contributed by atoms with E-state index in [4.69, 9.17) is 9.47 Å². The highest BCUT2D eigenvalue weighted by Gasteiger charge is 2.53. The molecule has 8 heteroatoms. The highest BCUT2D eigenvalue weighted by Crippen LogP contribution is 2.49. The molecule has 0 spiro atoms. The van der Waals surface area contributed by atoms with E-state index in [-0.39, 0.29) is 35.4 Å². The zero-order valence-corrected chi connectivity index (χ0v) is 19.6. The number of ether oxygens (including phenoxy) is 2. The van der Waals surface area contributed by atoms with E-state index >= 15 is 0 Å². The van der Waals surface area contributed by atoms with E-state index in [1.54, 1.807) is 11.0 Å². The van der Waals surface area contributed by atoms with Crippen LogP contribution in [0.15, 0.2) is 48.3 Å². The summed E-state index contributed by atoms with van der Waals surface area (Å²) in [6.45, 7) is 8.15. The van der Waals surface area contributed by atoms with Crippen molar-refractivity contribution < 1.29 is 19.1 Å². The number of ketones is 1. The molecule has 172 valence electrons. The lowest BCUT2D eigenvalue weighted by molar-refractivity contribution is -0.131. The first-order chi connectivity index (χ1) is 16.0. The molecular formula is C25H27N3O4S. The SMILES string of the molecule is C=CCOc1ccc(C2C3=C(OC4CCCCC4C3=O)C(=O)N2c2nnc(C(C)C)s2)cc1. The predicted molar refractivity (Wildman–Crippen MR) is 125 cm³/mol. The van der Waals surface area contributed by atoms with Gasteiger partial charge in [-0.05, 0) is 37.0 Å². The van der Waals surface area contributed by atoms with Crippen molar-refractivity contribution in [1.82, 2.24) is 10.2 Å². The van der Waals surface area contributed by atoms with Crippen molar-refractivity contribution in [1.29, 1.82) is 0 Å². The van der Waals surface area contributed by atoms with E-state index in [9.17, 15) is 9.59 Å². The lowest BCUT2D eigenvalue weighted by atomic mass is 9.77. The maximum atomic E-state index is 13.7. The molecule has 7 nitrogen and oxygen atoms in total. The number of anilines is 1. The molecule has 0 radical (unpaired) electrons. The maximum Gasteiger partial charge on any atom is 0.296 e. The number of hydrogen-bond donors (Lipinski definition) is 0. The molecule has 3 unspecified atom stereocenters. The number of nitrogens with zero attached hydrogens (tertiary/aromatic N) is 3. The average molecular weight is 466 g/mol. The quantitative estimate of drug-likeness (QED) is 0.574. The van der Waals surface area contributed by atoms with E-state index in [1.165, 1.54) is 11.3 Å². The number of amides is 1. The van der Waals surface area contributed by atoms with Gasteiger partial charge < -0.3 is 9.47 Å². The Morgan fingerprint density at radius 1 is 1.21 bits per heavy atom. The largest absolute Gasteiger partial charge is 0.490 e. The Morgan fingerprint density at radius 2 is 1.97 bits per heavy atom. The van der Waals surface area contributed by atoms with Crippen molar-refractivity contribution in [3.63, 3.8) is 0 Å². The topological polar surface area (TPSA) is 81.6 Å². The summed E-state index contributed by atoms with van der Waals surface area (Å²) < 4.78 is 11.8. The van der Waals surface area contributed by atoms with Crippen LogP contribution < -0.4 is 9.64 Å². The van der Waals surface area contributed by atoms with Crippen LogP contribution in [0.5, 0.6) is 5.75 Å². The summed E-state index contributed by atoms with van der Waals surface area (Å²) in [6.07, 6.45) is 5.08. The van der Waals surface area contributed by atoms with Gasteiger partial charge in [0, 0.05) is 5.92 Å². The van der Waals surface area contributed by atoms with Crippen LogP contribution in [-0.4, -0.2) is 34.6 Å². The summed E-state index contributed by atoms with van der Waals surface area (Å²) in [7, 11) is 0. The van der Waals surface area contributed by atoms with Crippen LogP contribution in [-0.2, 0) is 14.3 Å². The number of hydrogen-bond acceptors (Lipinski definition) is 7. The molecule has 33 heavy (non-hydrogen) atoms. The van der Waals surface area contributed by atoms with E-state index in [0.717, 1.165) is 36.3 Å². The summed E-state index contributed by atoms with van der Waals surface area (Å²) in [6, 6.07) is 6.88. The first kappa shape index (κ1) is 21.8. The minimum Gasteiger partial charge on any atom is -0.490 e. The Bertz CT molecular complexity index is 1120.